The summed E-state index contributed by atoms with van der Waals surface area (Å²) in [7, 11) is -4.26. The van der Waals surface area contributed by atoms with Gasteiger partial charge in [0.2, 0.25) is 0 Å². The molecule has 28 heavy (non-hydrogen) atoms. The zero-order chi connectivity index (χ0) is 21.1. The second kappa shape index (κ2) is 8.39. The van der Waals surface area contributed by atoms with E-state index in [9.17, 15) is 23.3 Å². The van der Waals surface area contributed by atoms with Crippen LogP contribution in [-0.4, -0.2) is 32.5 Å². The molecule has 0 aliphatic heterocycles. The molecule has 2 rings (SSSR count). The van der Waals surface area contributed by atoms with E-state index in [2.05, 4.69) is 0 Å². The minimum Gasteiger partial charge on any atom is -0.465 e. The molecule has 0 N–H and O–H groups in total. The molecule has 0 radical (unpaired) electrons. The lowest BCUT2D eigenvalue weighted by Crippen LogP contribution is -2.37. The molecule has 150 valence electrons. The first kappa shape index (κ1) is 21.4. The quantitative estimate of drug-likeness (QED) is 0.397. The van der Waals surface area contributed by atoms with Crippen LogP contribution < -0.4 is 4.31 Å². The van der Waals surface area contributed by atoms with Crippen molar-refractivity contribution in [1.29, 1.82) is 0 Å². The lowest BCUT2D eigenvalue weighted by Gasteiger charge is -2.25. The number of carbonyl (C=O) groups excluding carboxylic acids is 1. The van der Waals surface area contributed by atoms with Gasteiger partial charge in [-0.2, -0.15) is 0 Å². The first-order valence-electron chi connectivity index (χ1n) is 8.58. The molecule has 0 spiro atoms. The molecule has 0 fully saturated rings. The molecule has 0 atom stereocenters. The molecule has 0 aliphatic carbocycles. The number of non-ortho nitro benzene ring substituents is 1. The number of anilines is 1. The van der Waals surface area contributed by atoms with Gasteiger partial charge in [-0.15, -0.1) is 0 Å². The van der Waals surface area contributed by atoms with E-state index in [1.807, 2.05) is 13.8 Å². The van der Waals surface area contributed by atoms with Gasteiger partial charge in [-0.25, -0.2) is 8.42 Å². The lowest BCUT2D eigenvalue weighted by molar-refractivity contribution is -0.385. The number of benzene rings is 2. The Balaban J connectivity index is 2.64. The molecular weight excluding hydrogens is 384 g/mol. The Morgan fingerprint density at radius 1 is 1.07 bits per heavy atom. The largest absolute Gasteiger partial charge is 0.465 e. The third-order valence-corrected chi connectivity index (χ3v) is 6.22. The highest BCUT2D eigenvalue weighted by Gasteiger charge is 2.30. The molecule has 0 unspecified atom stereocenters. The summed E-state index contributed by atoms with van der Waals surface area (Å²) in [4.78, 5) is 22.3. The topological polar surface area (TPSA) is 107 Å². The van der Waals surface area contributed by atoms with E-state index in [1.165, 1.54) is 12.1 Å². The maximum Gasteiger partial charge on any atom is 0.326 e. The Bertz CT molecular complexity index is 1020. The number of hydrogen-bond acceptors (Lipinski definition) is 6. The normalized spacial score (nSPS) is 11.1. The fraction of sp³-hybridized carbons (Fsp3) is 0.316. The van der Waals surface area contributed by atoms with Crippen LogP contribution in [-0.2, 0) is 19.6 Å². The van der Waals surface area contributed by atoms with Crippen molar-refractivity contribution in [3.8, 4) is 0 Å². The van der Waals surface area contributed by atoms with Crippen molar-refractivity contribution >= 4 is 27.4 Å². The van der Waals surface area contributed by atoms with Gasteiger partial charge < -0.3 is 4.74 Å². The number of sulfonamides is 1. The van der Waals surface area contributed by atoms with Crippen molar-refractivity contribution in [2.45, 2.75) is 32.6 Å². The highest BCUT2D eigenvalue weighted by molar-refractivity contribution is 7.93. The van der Waals surface area contributed by atoms with Crippen molar-refractivity contribution in [3.05, 3.63) is 63.2 Å². The molecule has 0 heterocycles. The van der Waals surface area contributed by atoms with Crippen molar-refractivity contribution < 1.29 is 22.9 Å². The molecule has 2 aromatic carbocycles. The van der Waals surface area contributed by atoms with E-state index in [0.717, 1.165) is 21.5 Å². The molecule has 0 aromatic heterocycles. The molecule has 0 saturated carbocycles. The van der Waals surface area contributed by atoms with Crippen LogP contribution in [0.5, 0.6) is 0 Å². The van der Waals surface area contributed by atoms with E-state index >= 15 is 0 Å². The van der Waals surface area contributed by atoms with Gasteiger partial charge in [0.25, 0.3) is 15.7 Å². The van der Waals surface area contributed by atoms with Crippen molar-refractivity contribution in [1.82, 2.24) is 0 Å². The minimum absolute atomic E-state index is 0.107. The van der Waals surface area contributed by atoms with Crippen LogP contribution in [0, 0.1) is 30.9 Å². The second-order valence-corrected chi connectivity index (χ2v) is 8.12. The summed E-state index contributed by atoms with van der Waals surface area (Å²) < 4.78 is 32.6. The number of nitrogens with zero attached hydrogens (tertiary/aromatic N) is 2. The van der Waals surface area contributed by atoms with Crippen LogP contribution in [0.3, 0.4) is 0 Å². The Morgan fingerprint density at radius 2 is 1.71 bits per heavy atom. The molecule has 9 heteroatoms. The summed E-state index contributed by atoms with van der Waals surface area (Å²) in [5.74, 6) is -0.715. The SMILES string of the molecule is CCOC(=O)CN(c1ccc(C)c(C)c1)S(=O)(=O)c1cc([N+](=O)[O-])ccc1C. The zero-order valence-corrected chi connectivity index (χ0v) is 16.9. The Morgan fingerprint density at radius 3 is 2.29 bits per heavy atom. The third-order valence-electron chi connectivity index (χ3n) is 4.31. The number of ether oxygens (including phenoxy) is 1. The summed E-state index contributed by atoms with van der Waals surface area (Å²) >= 11 is 0. The predicted molar refractivity (Wildman–Crippen MR) is 105 cm³/mol. The summed E-state index contributed by atoms with van der Waals surface area (Å²) in [6, 6.07) is 8.60. The first-order valence-corrected chi connectivity index (χ1v) is 10.0. The predicted octanol–water partition coefficient (Wildman–Crippen LogP) is 3.28. The fourth-order valence-corrected chi connectivity index (χ4v) is 4.27. The summed E-state index contributed by atoms with van der Waals surface area (Å²) in [6.45, 7) is 6.44. The van der Waals surface area contributed by atoms with Crippen molar-refractivity contribution in [2.24, 2.45) is 0 Å². The van der Waals surface area contributed by atoms with E-state index < -0.39 is 27.5 Å². The van der Waals surface area contributed by atoms with Crippen LogP contribution in [0.1, 0.15) is 23.6 Å². The molecule has 0 saturated heterocycles. The smallest absolute Gasteiger partial charge is 0.326 e. The van der Waals surface area contributed by atoms with Gasteiger partial charge >= 0.3 is 5.97 Å². The number of carbonyl (C=O) groups is 1. The van der Waals surface area contributed by atoms with E-state index in [1.54, 1.807) is 32.0 Å². The highest BCUT2D eigenvalue weighted by atomic mass is 32.2. The maximum absolute atomic E-state index is 13.4. The van der Waals surface area contributed by atoms with Gasteiger partial charge in [0.15, 0.2) is 0 Å². The summed E-state index contributed by atoms with van der Waals surface area (Å²) in [6.07, 6.45) is 0. The standard InChI is InChI=1S/C19H22N2O6S/c1-5-27-19(22)12-20(16-8-6-13(2)15(4)10-16)28(25,26)18-11-17(21(23)24)9-7-14(18)3/h6-11H,5,12H2,1-4H3. The Kier molecular flexibility index (Phi) is 6.40. The average Bonchev–Trinajstić information content (AvgIpc) is 2.62. The first-order chi connectivity index (χ1) is 13.1. The van der Waals surface area contributed by atoms with Crippen LogP contribution in [0.15, 0.2) is 41.3 Å². The number of nitro benzene ring substituents is 1. The monoisotopic (exact) mass is 406 g/mol. The van der Waals surface area contributed by atoms with Crippen LogP contribution in [0.4, 0.5) is 11.4 Å². The molecular formula is C19H22N2O6S. The van der Waals surface area contributed by atoms with Crippen LogP contribution in [0.2, 0.25) is 0 Å². The molecule has 2 aromatic rings. The van der Waals surface area contributed by atoms with Crippen LogP contribution in [0.25, 0.3) is 0 Å². The van der Waals surface area contributed by atoms with Crippen LogP contribution >= 0.6 is 0 Å². The summed E-state index contributed by atoms with van der Waals surface area (Å²) in [5.41, 5.74) is 2.08. The Labute approximate surface area is 163 Å². The van der Waals surface area contributed by atoms with Gasteiger partial charge in [-0.1, -0.05) is 12.1 Å². The third kappa shape index (κ3) is 4.48. The molecule has 0 amide bonds. The minimum atomic E-state index is -4.26. The average molecular weight is 406 g/mol. The van der Waals surface area contributed by atoms with E-state index in [4.69, 9.17) is 4.74 Å². The molecule has 0 bridgehead atoms. The number of hydrogen-bond donors (Lipinski definition) is 0. The number of aryl methyl sites for hydroxylation is 3. The van der Waals surface area contributed by atoms with Gasteiger partial charge in [0.05, 0.1) is 22.1 Å². The molecule has 0 aliphatic rings. The van der Waals surface area contributed by atoms with Gasteiger partial charge in [-0.3, -0.25) is 19.2 Å². The Hall–Kier alpha value is -2.94. The van der Waals surface area contributed by atoms with Crippen molar-refractivity contribution in [3.63, 3.8) is 0 Å². The molecule has 8 nitrogen and oxygen atoms in total. The van der Waals surface area contributed by atoms with Gasteiger partial charge in [0.1, 0.15) is 6.54 Å². The number of nitro groups is 1. The number of rotatable bonds is 7. The second-order valence-electron chi connectivity index (χ2n) is 6.29. The highest BCUT2D eigenvalue weighted by Crippen LogP contribution is 2.29. The number of esters is 1. The lowest BCUT2D eigenvalue weighted by atomic mass is 10.1. The van der Waals surface area contributed by atoms with Gasteiger partial charge in [-0.05, 0) is 56.5 Å². The van der Waals surface area contributed by atoms with Crippen molar-refractivity contribution in [2.75, 3.05) is 17.5 Å². The maximum atomic E-state index is 13.4. The van der Waals surface area contributed by atoms with E-state index in [-0.39, 0.29) is 22.9 Å². The fourth-order valence-electron chi connectivity index (χ4n) is 2.62. The van der Waals surface area contributed by atoms with Gasteiger partial charge in [0, 0.05) is 12.1 Å². The zero-order valence-electron chi connectivity index (χ0n) is 16.1. The summed E-state index contributed by atoms with van der Waals surface area (Å²) in [5, 5.41) is 11.1. The van der Waals surface area contributed by atoms with E-state index in [0.29, 0.717) is 5.56 Å².